The largest absolute Gasteiger partial charge is 0.444 e. The minimum atomic E-state index is -1.03. The first-order valence-electron chi connectivity index (χ1n) is 16.3. The molecule has 2 fully saturated rings. The summed E-state index contributed by atoms with van der Waals surface area (Å²) in [6, 6.07) is 7.07. The highest BCUT2D eigenvalue weighted by Gasteiger charge is 2.39. The molecule has 3 heterocycles. The molecule has 5 amide bonds. The van der Waals surface area contributed by atoms with Gasteiger partial charge in [-0.05, 0) is 87.8 Å². The minimum Gasteiger partial charge on any atom is -0.444 e. The van der Waals surface area contributed by atoms with E-state index in [0.29, 0.717) is 43.0 Å². The maximum Gasteiger partial charge on any atom is 0.408 e. The van der Waals surface area contributed by atoms with Crippen LogP contribution in [0.3, 0.4) is 0 Å². The average molecular weight is 663 g/mol. The van der Waals surface area contributed by atoms with E-state index in [9.17, 15) is 32.8 Å². The van der Waals surface area contributed by atoms with E-state index in [-0.39, 0.29) is 37.1 Å². The van der Waals surface area contributed by atoms with Gasteiger partial charge in [0.2, 0.25) is 17.7 Å². The zero-order valence-corrected chi connectivity index (χ0v) is 27.4. The molecule has 2 atom stereocenters. The molecule has 1 unspecified atom stereocenters. The van der Waals surface area contributed by atoms with Gasteiger partial charge < -0.3 is 19.9 Å². The molecule has 48 heavy (non-hydrogen) atoms. The first-order valence-corrected chi connectivity index (χ1v) is 16.3. The summed E-state index contributed by atoms with van der Waals surface area (Å²) in [6.07, 6.45) is 2.62. The van der Waals surface area contributed by atoms with Crippen molar-refractivity contribution in [1.29, 1.82) is 0 Å². The Morgan fingerprint density at radius 3 is 2.50 bits per heavy atom. The van der Waals surface area contributed by atoms with Gasteiger partial charge in [0.15, 0.2) is 11.6 Å². The van der Waals surface area contributed by atoms with Crippen LogP contribution in [0, 0.1) is 29.4 Å². The van der Waals surface area contributed by atoms with Crippen molar-refractivity contribution in [3.05, 3.63) is 70.3 Å². The zero-order chi connectivity index (χ0) is 34.6. The Morgan fingerprint density at radius 1 is 1.06 bits per heavy atom. The predicted octanol–water partition coefficient (Wildman–Crippen LogP) is 4.23. The average Bonchev–Trinajstić information content (AvgIpc) is 3.36. The predicted molar refractivity (Wildman–Crippen MR) is 171 cm³/mol. The van der Waals surface area contributed by atoms with Crippen LogP contribution in [0.2, 0.25) is 0 Å². The van der Waals surface area contributed by atoms with E-state index in [2.05, 4.69) is 22.5 Å². The number of ether oxygens (including phenoxy) is 1. The highest BCUT2D eigenvalue weighted by molar-refractivity contribution is 6.05. The number of hydrogen-bond donors (Lipinski definition) is 2. The van der Waals surface area contributed by atoms with Crippen LogP contribution in [0.25, 0.3) is 0 Å². The van der Waals surface area contributed by atoms with Gasteiger partial charge in [-0.2, -0.15) is 0 Å². The number of nitrogens with zero attached hydrogens (tertiary/aromatic N) is 2. The van der Waals surface area contributed by atoms with E-state index in [1.54, 1.807) is 37.8 Å². The molecule has 0 saturated carbocycles. The molecular formula is C36H40F2N4O6. The zero-order valence-electron chi connectivity index (χ0n) is 27.4. The fraction of sp³-hybridized carbons (Fsp3) is 0.472. The van der Waals surface area contributed by atoms with E-state index in [4.69, 9.17) is 4.74 Å². The second kappa shape index (κ2) is 14.5. The molecule has 254 valence electrons. The summed E-state index contributed by atoms with van der Waals surface area (Å²) in [7, 11) is 0. The molecule has 2 aromatic rings. The van der Waals surface area contributed by atoms with Crippen LogP contribution in [-0.2, 0) is 32.1 Å². The van der Waals surface area contributed by atoms with Crippen molar-refractivity contribution in [3.63, 3.8) is 0 Å². The third-order valence-electron chi connectivity index (χ3n) is 8.82. The number of piperidine rings is 2. The van der Waals surface area contributed by atoms with Crippen molar-refractivity contribution >= 4 is 29.7 Å². The normalized spacial score (nSPS) is 18.9. The van der Waals surface area contributed by atoms with Gasteiger partial charge in [0.25, 0.3) is 5.91 Å². The first-order chi connectivity index (χ1) is 22.8. The van der Waals surface area contributed by atoms with Crippen molar-refractivity contribution in [2.24, 2.45) is 5.92 Å². The van der Waals surface area contributed by atoms with Crippen LogP contribution in [0.1, 0.15) is 86.3 Å². The van der Waals surface area contributed by atoms with Crippen LogP contribution < -0.4 is 10.6 Å². The van der Waals surface area contributed by atoms with Crippen molar-refractivity contribution in [2.75, 3.05) is 13.1 Å². The van der Waals surface area contributed by atoms with Crippen molar-refractivity contribution < 1.29 is 37.5 Å². The van der Waals surface area contributed by atoms with Gasteiger partial charge in [0.1, 0.15) is 17.7 Å². The van der Waals surface area contributed by atoms with Gasteiger partial charge in [-0.25, -0.2) is 13.6 Å². The van der Waals surface area contributed by atoms with E-state index >= 15 is 0 Å². The molecule has 0 aromatic heterocycles. The lowest BCUT2D eigenvalue weighted by molar-refractivity contribution is -0.137. The van der Waals surface area contributed by atoms with Crippen LogP contribution in [0.4, 0.5) is 13.6 Å². The van der Waals surface area contributed by atoms with Crippen molar-refractivity contribution in [3.8, 4) is 11.8 Å². The SMILES string of the molecule is CC(C)(C)OC(=O)N[C@@H](Cc1ccc(F)c(F)c1)C(=O)N1CCC(CCC#Cc2cccc3c2CN(C2CCC(=O)NC2=O)C3=O)CC1. The number of benzene rings is 2. The summed E-state index contributed by atoms with van der Waals surface area (Å²) < 4.78 is 32.7. The number of fused-ring (bicyclic) bond motifs is 1. The molecule has 3 aliphatic rings. The number of carbonyl (C=O) groups excluding carboxylic acids is 5. The third kappa shape index (κ3) is 8.37. The van der Waals surface area contributed by atoms with Gasteiger partial charge in [0, 0.05) is 50.0 Å². The Hall–Kier alpha value is -4.79. The summed E-state index contributed by atoms with van der Waals surface area (Å²) in [5.41, 5.74) is 1.63. The molecule has 0 radical (unpaired) electrons. The Kier molecular flexibility index (Phi) is 10.5. The fourth-order valence-corrected chi connectivity index (χ4v) is 6.35. The number of rotatable bonds is 7. The standard InChI is InChI=1S/C36H40F2N4O6/c1-36(2,3)48-35(47)39-29(20-23-11-12-27(37)28(38)19-23)34(46)41-17-15-22(16-18-41)7-4-5-8-24-9-6-10-25-26(24)21-42(33(25)45)30-13-14-31(43)40-32(30)44/h6,9-12,19,22,29-30H,4,7,13-18,20-21H2,1-3H3,(H,39,47)(H,40,43,44)/t29-,30?/m0/s1. The summed E-state index contributed by atoms with van der Waals surface area (Å²) in [6.45, 7) is 6.34. The van der Waals surface area contributed by atoms with E-state index in [1.807, 2.05) is 6.07 Å². The fourth-order valence-electron chi connectivity index (χ4n) is 6.35. The van der Waals surface area contributed by atoms with Crippen molar-refractivity contribution in [1.82, 2.24) is 20.4 Å². The summed E-state index contributed by atoms with van der Waals surface area (Å²) in [5.74, 6) is 3.40. The highest BCUT2D eigenvalue weighted by Crippen LogP contribution is 2.30. The Labute approximate surface area is 278 Å². The Balaban J connectivity index is 1.15. The van der Waals surface area contributed by atoms with Gasteiger partial charge in [-0.15, -0.1) is 0 Å². The Morgan fingerprint density at radius 2 is 1.81 bits per heavy atom. The Bertz CT molecular complexity index is 1670. The number of hydrogen-bond acceptors (Lipinski definition) is 6. The molecule has 0 aliphatic carbocycles. The molecule has 5 rings (SSSR count). The number of halogens is 2. The first kappa shape index (κ1) is 34.5. The number of carbonyl (C=O) groups is 5. The molecule has 3 aliphatic heterocycles. The number of amides is 5. The summed E-state index contributed by atoms with van der Waals surface area (Å²) in [5, 5.41) is 4.94. The monoisotopic (exact) mass is 662 g/mol. The van der Waals surface area contributed by atoms with Crippen molar-refractivity contribution in [2.45, 2.75) is 89.9 Å². The number of likely N-dealkylation sites (tertiary alicyclic amines) is 1. The second-order valence-electron chi connectivity index (χ2n) is 13.5. The molecule has 12 heteroatoms. The quantitative estimate of drug-likeness (QED) is 0.338. The van der Waals surface area contributed by atoms with Gasteiger partial charge in [-0.1, -0.05) is 24.0 Å². The molecular weight excluding hydrogens is 622 g/mol. The van der Waals surface area contributed by atoms with Gasteiger partial charge >= 0.3 is 6.09 Å². The lowest BCUT2D eigenvalue weighted by Crippen LogP contribution is -2.52. The van der Waals surface area contributed by atoms with E-state index in [0.717, 1.165) is 42.5 Å². The topological polar surface area (TPSA) is 125 Å². The molecule has 2 aromatic carbocycles. The third-order valence-corrected chi connectivity index (χ3v) is 8.82. The molecule has 0 spiro atoms. The van der Waals surface area contributed by atoms with Crippen LogP contribution in [0.5, 0.6) is 0 Å². The lowest BCUT2D eigenvalue weighted by Gasteiger charge is -2.34. The summed E-state index contributed by atoms with van der Waals surface area (Å²) in [4.78, 5) is 66.3. The van der Waals surface area contributed by atoms with E-state index < -0.39 is 41.3 Å². The highest BCUT2D eigenvalue weighted by atomic mass is 19.2. The molecule has 2 N–H and O–H groups in total. The van der Waals surface area contributed by atoms with Crippen LogP contribution in [-0.4, -0.2) is 70.3 Å². The number of nitrogens with one attached hydrogen (secondary N) is 2. The molecule has 10 nitrogen and oxygen atoms in total. The summed E-state index contributed by atoms with van der Waals surface area (Å²) >= 11 is 0. The van der Waals surface area contributed by atoms with Crippen LogP contribution >= 0.6 is 0 Å². The van der Waals surface area contributed by atoms with Gasteiger partial charge in [0.05, 0.1) is 0 Å². The smallest absolute Gasteiger partial charge is 0.408 e. The molecule has 0 bridgehead atoms. The number of imide groups is 1. The maximum absolute atomic E-state index is 13.9. The van der Waals surface area contributed by atoms with Gasteiger partial charge in [-0.3, -0.25) is 24.5 Å². The lowest BCUT2D eigenvalue weighted by atomic mass is 9.91. The molecule has 2 saturated heterocycles. The number of alkyl carbamates (subject to hydrolysis) is 1. The maximum atomic E-state index is 13.9. The minimum absolute atomic E-state index is 0.0229. The van der Waals surface area contributed by atoms with Crippen LogP contribution in [0.15, 0.2) is 36.4 Å². The van der Waals surface area contributed by atoms with E-state index in [1.165, 1.54) is 11.0 Å². The second-order valence-corrected chi connectivity index (χ2v) is 13.5.